The molecule has 0 aliphatic rings. The maximum absolute atomic E-state index is 9.20. The smallest absolute Gasteiger partial charge is 0.247 e. The molecule has 0 radical (unpaired) electrons. The van der Waals surface area contributed by atoms with Crippen molar-refractivity contribution in [3.05, 3.63) is 48.1 Å². The Kier molecular flexibility index (Phi) is 4.26. The van der Waals surface area contributed by atoms with Crippen LogP contribution < -0.4 is 0 Å². The molecule has 3 rings (SSSR count). The lowest BCUT2D eigenvalue weighted by Crippen LogP contribution is -1.99. The molecule has 1 aromatic carbocycles. The second-order valence-corrected chi connectivity index (χ2v) is 6.13. The lowest BCUT2D eigenvalue weighted by molar-refractivity contribution is 0.271. The summed E-state index contributed by atoms with van der Waals surface area (Å²) < 4.78 is 7.60. The number of thioether (sulfide) groups is 1. The van der Waals surface area contributed by atoms with Crippen molar-refractivity contribution in [1.29, 1.82) is 0 Å². The second-order valence-electron chi connectivity index (χ2n) is 4.82. The van der Waals surface area contributed by atoms with E-state index in [4.69, 9.17) is 4.42 Å². The maximum Gasteiger partial charge on any atom is 0.247 e. The highest BCUT2D eigenvalue weighted by Crippen LogP contribution is 2.34. The molecule has 1 unspecified atom stereocenters. The van der Waals surface area contributed by atoms with E-state index < -0.39 is 0 Å². The SMILES string of the molecule is CC(Sc1ncc(CO)n1C)c1nnc(-c2ccccc2)o1. The zero-order valence-corrected chi connectivity index (χ0v) is 13.1. The fourth-order valence-electron chi connectivity index (χ4n) is 1.99. The number of aliphatic hydroxyl groups is 1. The average Bonchev–Trinajstić information content (AvgIpc) is 3.16. The molecule has 0 saturated heterocycles. The van der Waals surface area contributed by atoms with Crippen LogP contribution >= 0.6 is 11.8 Å². The first kappa shape index (κ1) is 14.8. The summed E-state index contributed by atoms with van der Waals surface area (Å²) in [5, 5.41) is 18.2. The van der Waals surface area contributed by atoms with E-state index in [9.17, 15) is 5.11 Å². The van der Waals surface area contributed by atoms with Crippen LogP contribution in [0.25, 0.3) is 11.5 Å². The van der Waals surface area contributed by atoms with Crippen LogP contribution in [0, 0.1) is 0 Å². The molecule has 22 heavy (non-hydrogen) atoms. The Balaban J connectivity index is 1.77. The topological polar surface area (TPSA) is 77.0 Å². The van der Waals surface area contributed by atoms with E-state index in [0.29, 0.717) is 11.8 Å². The minimum Gasteiger partial charge on any atom is -0.419 e. The van der Waals surface area contributed by atoms with Gasteiger partial charge in [0.2, 0.25) is 11.8 Å². The Morgan fingerprint density at radius 1 is 1.27 bits per heavy atom. The van der Waals surface area contributed by atoms with Gasteiger partial charge in [-0.1, -0.05) is 30.0 Å². The highest BCUT2D eigenvalue weighted by atomic mass is 32.2. The molecule has 2 aromatic heterocycles. The predicted molar refractivity (Wildman–Crippen MR) is 83.1 cm³/mol. The summed E-state index contributed by atoms with van der Waals surface area (Å²) in [5.74, 6) is 1.07. The highest BCUT2D eigenvalue weighted by Gasteiger charge is 2.18. The largest absolute Gasteiger partial charge is 0.419 e. The molecule has 3 aromatic rings. The quantitative estimate of drug-likeness (QED) is 0.729. The average molecular weight is 316 g/mol. The van der Waals surface area contributed by atoms with Gasteiger partial charge in [0, 0.05) is 12.6 Å². The van der Waals surface area contributed by atoms with Gasteiger partial charge in [-0.3, -0.25) is 0 Å². The molecule has 2 heterocycles. The van der Waals surface area contributed by atoms with Crippen molar-refractivity contribution >= 4 is 11.8 Å². The fraction of sp³-hybridized carbons (Fsp3) is 0.267. The van der Waals surface area contributed by atoms with E-state index >= 15 is 0 Å². The van der Waals surface area contributed by atoms with E-state index in [0.717, 1.165) is 16.4 Å². The van der Waals surface area contributed by atoms with Gasteiger partial charge in [0.15, 0.2) is 5.16 Å². The van der Waals surface area contributed by atoms with Crippen LogP contribution in [0.15, 0.2) is 46.1 Å². The van der Waals surface area contributed by atoms with Gasteiger partial charge in [-0.05, 0) is 19.1 Å². The van der Waals surface area contributed by atoms with Crippen molar-refractivity contribution in [1.82, 2.24) is 19.7 Å². The van der Waals surface area contributed by atoms with Crippen LogP contribution in [0.3, 0.4) is 0 Å². The number of hydrogen-bond donors (Lipinski definition) is 1. The van der Waals surface area contributed by atoms with E-state index in [1.165, 1.54) is 11.8 Å². The Morgan fingerprint density at radius 3 is 2.73 bits per heavy atom. The summed E-state index contributed by atoms with van der Waals surface area (Å²) in [4.78, 5) is 4.29. The Labute approximate surface area is 132 Å². The number of benzene rings is 1. The summed E-state index contributed by atoms with van der Waals surface area (Å²) >= 11 is 1.51. The molecular formula is C15H16N4O2S. The molecule has 0 fully saturated rings. The van der Waals surface area contributed by atoms with Crippen LogP contribution in [-0.2, 0) is 13.7 Å². The normalized spacial score (nSPS) is 12.5. The van der Waals surface area contributed by atoms with Crippen LogP contribution in [-0.4, -0.2) is 24.9 Å². The summed E-state index contributed by atoms with van der Waals surface area (Å²) in [6.45, 7) is 1.96. The zero-order valence-electron chi connectivity index (χ0n) is 12.3. The molecule has 1 N–H and O–H groups in total. The molecule has 1 atom stereocenters. The van der Waals surface area contributed by atoms with E-state index in [-0.39, 0.29) is 11.9 Å². The van der Waals surface area contributed by atoms with Crippen LogP contribution in [0.5, 0.6) is 0 Å². The molecular weight excluding hydrogens is 300 g/mol. The van der Waals surface area contributed by atoms with E-state index in [2.05, 4.69) is 15.2 Å². The number of nitrogens with zero attached hydrogens (tertiary/aromatic N) is 4. The molecule has 0 spiro atoms. The standard InChI is InChI=1S/C15H16N4O2S/c1-10(22-15-16-8-12(9-20)19(15)2)13-17-18-14(21-13)11-6-4-3-5-7-11/h3-8,10,20H,9H2,1-2H3. The van der Waals surface area contributed by atoms with Gasteiger partial charge in [-0.2, -0.15) is 0 Å². The van der Waals surface area contributed by atoms with Crippen molar-refractivity contribution in [2.24, 2.45) is 7.05 Å². The fourth-order valence-corrected chi connectivity index (χ4v) is 2.89. The number of rotatable bonds is 5. The summed E-state index contributed by atoms with van der Waals surface area (Å²) in [6.07, 6.45) is 1.66. The third-order valence-corrected chi connectivity index (χ3v) is 4.44. The molecule has 114 valence electrons. The monoisotopic (exact) mass is 316 g/mol. The summed E-state index contributed by atoms with van der Waals surface area (Å²) in [7, 11) is 1.87. The molecule has 0 bridgehead atoms. The number of imidazole rings is 1. The zero-order chi connectivity index (χ0) is 15.5. The van der Waals surface area contributed by atoms with E-state index in [1.54, 1.807) is 6.20 Å². The molecule has 0 aliphatic heterocycles. The van der Waals surface area contributed by atoms with Gasteiger partial charge in [0.1, 0.15) is 0 Å². The molecule has 0 amide bonds. The second kappa shape index (κ2) is 6.33. The summed E-state index contributed by atoms with van der Waals surface area (Å²) in [5.41, 5.74) is 1.67. The van der Waals surface area contributed by atoms with Crippen molar-refractivity contribution < 1.29 is 9.52 Å². The maximum atomic E-state index is 9.20. The lowest BCUT2D eigenvalue weighted by atomic mass is 10.2. The third-order valence-electron chi connectivity index (χ3n) is 3.30. The van der Waals surface area contributed by atoms with Gasteiger partial charge in [0.25, 0.3) is 0 Å². The third kappa shape index (κ3) is 2.90. The number of hydrogen-bond acceptors (Lipinski definition) is 6. The highest BCUT2D eigenvalue weighted by molar-refractivity contribution is 7.99. The van der Waals surface area contributed by atoms with Crippen molar-refractivity contribution in [3.8, 4) is 11.5 Å². The minimum atomic E-state index is -0.0306. The van der Waals surface area contributed by atoms with Gasteiger partial charge in [-0.15, -0.1) is 10.2 Å². The Hall–Kier alpha value is -2.12. The van der Waals surface area contributed by atoms with Crippen molar-refractivity contribution in [3.63, 3.8) is 0 Å². The predicted octanol–water partition coefficient (Wildman–Crippen LogP) is 2.82. The molecule has 7 heteroatoms. The van der Waals surface area contributed by atoms with Gasteiger partial charge in [-0.25, -0.2) is 4.98 Å². The van der Waals surface area contributed by atoms with Crippen LogP contribution in [0.4, 0.5) is 0 Å². The molecule has 6 nitrogen and oxygen atoms in total. The molecule has 0 aliphatic carbocycles. The first-order chi connectivity index (χ1) is 10.7. The van der Waals surface area contributed by atoms with Gasteiger partial charge in [0.05, 0.1) is 23.7 Å². The Bertz CT molecular complexity index is 754. The first-order valence-corrected chi connectivity index (χ1v) is 7.74. The first-order valence-electron chi connectivity index (χ1n) is 6.86. The van der Waals surface area contributed by atoms with Crippen molar-refractivity contribution in [2.45, 2.75) is 23.9 Å². The lowest BCUT2D eigenvalue weighted by Gasteiger charge is -2.07. The van der Waals surface area contributed by atoms with Crippen LogP contribution in [0.2, 0.25) is 0 Å². The summed E-state index contributed by atoms with van der Waals surface area (Å²) in [6, 6.07) is 9.67. The van der Waals surface area contributed by atoms with Gasteiger partial charge < -0.3 is 14.1 Å². The van der Waals surface area contributed by atoms with Crippen LogP contribution in [0.1, 0.15) is 23.8 Å². The Morgan fingerprint density at radius 2 is 2.05 bits per heavy atom. The minimum absolute atomic E-state index is 0.0300. The van der Waals surface area contributed by atoms with Gasteiger partial charge >= 0.3 is 0 Å². The molecule has 0 saturated carbocycles. The van der Waals surface area contributed by atoms with E-state index in [1.807, 2.05) is 48.9 Å². The number of aromatic nitrogens is 4. The van der Waals surface area contributed by atoms with Crippen molar-refractivity contribution in [2.75, 3.05) is 0 Å². The number of aliphatic hydroxyl groups excluding tert-OH is 1.